The minimum absolute atomic E-state index is 0.0131. The smallest absolute Gasteiger partial charge is 0.395 e. The summed E-state index contributed by atoms with van der Waals surface area (Å²) in [5.74, 6) is -0.397. The minimum Gasteiger partial charge on any atom is -0.395 e. The number of fused-ring (bicyclic) bond motifs is 1. The molecule has 2 aromatic carbocycles. The van der Waals surface area contributed by atoms with Gasteiger partial charge in [0, 0.05) is 30.9 Å². The maximum atomic E-state index is 15.8. The molecule has 1 N–H and O–H groups in total. The molecule has 40 heavy (non-hydrogen) atoms. The summed E-state index contributed by atoms with van der Waals surface area (Å²) in [4.78, 5) is 16.8. The molecular formula is C28H29F4N5O3. The lowest BCUT2D eigenvalue weighted by Gasteiger charge is -2.43. The van der Waals surface area contributed by atoms with E-state index in [0.29, 0.717) is 23.4 Å². The Morgan fingerprint density at radius 2 is 2.02 bits per heavy atom. The predicted molar refractivity (Wildman–Crippen MR) is 136 cm³/mol. The van der Waals surface area contributed by atoms with Gasteiger partial charge in [-0.1, -0.05) is 12.1 Å². The molecule has 6 rings (SSSR count). The van der Waals surface area contributed by atoms with Crippen molar-refractivity contribution in [1.29, 1.82) is 0 Å². The zero-order valence-corrected chi connectivity index (χ0v) is 21.9. The molecule has 0 saturated carbocycles. The Kier molecular flexibility index (Phi) is 6.67. The first-order valence-electron chi connectivity index (χ1n) is 13.2. The second-order valence-electron chi connectivity index (χ2n) is 10.9. The van der Waals surface area contributed by atoms with Crippen molar-refractivity contribution in [3.63, 3.8) is 0 Å². The highest BCUT2D eigenvalue weighted by atomic mass is 19.4. The summed E-state index contributed by atoms with van der Waals surface area (Å²) < 4.78 is 65.4. The molecule has 212 valence electrons. The van der Waals surface area contributed by atoms with Crippen LogP contribution in [0.4, 0.5) is 23.2 Å². The molecule has 1 aromatic heterocycles. The van der Waals surface area contributed by atoms with Crippen LogP contribution in [0, 0.1) is 0 Å². The number of alkyl halides is 4. The third kappa shape index (κ3) is 4.38. The van der Waals surface area contributed by atoms with Gasteiger partial charge in [0.2, 0.25) is 0 Å². The zero-order chi connectivity index (χ0) is 28.2. The number of likely N-dealkylation sites (tertiary alicyclic amines) is 1. The van der Waals surface area contributed by atoms with Crippen molar-refractivity contribution in [3.05, 3.63) is 76.4 Å². The van der Waals surface area contributed by atoms with E-state index in [1.807, 2.05) is 4.90 Å². The van der Waals surface area contributed by atoms with Gasteiger partial charge in [0.15, 0.2) is 12.0 Å². The third-order valence-electron chi connectivity index (χ3n) is 8.41. The lowest BCUT2D eigenvalue weighted by atomic mass is 9.74. The van der Waals surface area contributed by atoms with Crippen molar-refractivity contribution in [2.45, 2.75) is 49.7 Å². The summed E-state index contributed by atoms with van der Waals surface area (Å²) >= 11 is 0. The molecule has 2 fully saturated rings. The number of rotatable bonds is 7. The van der Waals surface area contributed by atoms with Gasteiger partial charge in [-0.3, -0.25) is 9.69 Å². The average molecular weight is 560 g/mol. The lowest BCUT2D eigenvalue weighted by Crippen LogP contribution is -2.50. The number of aliphatic hydroxyl groups excluding tert-OH is 1. The van der Waals surface area contributed by atoms with Gasteiger partial charge in [0.05, 0.1) is 37.3 Å². The van der Waals surface area contributed by atoms with Crippen LogP contribution in [0.1, 0.15) is 57.4 Å². The lowest BCUT2D eigenvalue weighted by molar-refractivity contribution is -0.138. The Morgan fingerprint density at radius 3 is 2.67 bits per heavy atom. The molecule has 0 aliphatic carbocycles. The number of nitrogens with zero attached hydrogens (tertiary/aromatic N) is 5. The van der Waals surface area contributed by atoms with Crippen LogP contribution in [-0.4, -0.2) is 63.1 Å². The number of aryl methyl sites for hydroxylation is 1. The third-order valence-corrected chi connectivity index (χ3v) is 8.41. The molecule has 0 radical (unpaired) electrons. The van der Waals surface area contributed by atoms with Gasteiger partial charge in [-0.2, -0.15) is 13.2 Å². The van der Waals surface area contributed by atoms with Crippen LogP contribution in [-0.2, 0) is 36.5 Å². The number of carbonyl (C=O) groups is 1. The van der Waals surface area contributed by atoms with Gasteiger partial charge < -0.3 is 19.3 Å². The number of amides is 1. The Balaban J connectivity index is 1.33. The number of carbonyl (C=O) groups excluding carboxylic acids is 1. The van der Waals surface area contributed by atoms with Crippen LogP contribution in [0.5, 0.6) is 0 Å². The Morgan fingerprint density at radius 1 is 1.23 bits per heavy atom. The molecule has 1 amide bonds. The van der Waals surface area contributed by atoms with Crippen LogP contribution < -0.4 is 4.90 Å². The maximum Gasteiger partial charge on any atom is 0.416 e. The van der Waals surface area contributed by atoms with Gasteiger partial charge in [-0.25, -0.2) is 4.39 Å². The molecule has 2 saturated heterocycles. The van der Waals surface area contributed by atoms with E-state index in [4.69, 9.17) is 4.74 Å². The van der Waals surface area contributed by atoms with Crippen LogP contribution >= 0.6 is 0 Å². The van der Waals surface area contributed by atoms with Gasteiger partial charge in [-0.05, 0) is 60.3 Å². The topological polar surface area (TPSA) is 83.7 Å². The number of aliphatic hydroxyl groups is 1. The van der Waals surface area contributed by atoms with Gasteiger partial charge >= 0.3 is 6.18 Å². The summed E-state index contributed by atoms with van der Waals surface area (Å²) in [5, 5.41) is 17.3. The highest BCUT2D eigenvalue weighted by molar-refractivity contribution is 6.10. The van der Waals surface area contributed by atoms with Crippen molar-refractivity contribution in [1.82, 2.24) is 19.7 Å². The molecule has 8 nitrogen and oxygen atoms in total. The molecular weight excluding hydrogens is 530 g/mol. The number of ether oxygens (including phenoxy) is 1. The van der Waals surface area contributed by atoms with E-state index in [9.17, 15) is 23.1 Å². The number of benzene rings is 2. The first-order valence-corrected chi connectivity index (χ1v) is 13.2. The number of halogens is 4. The standard InChI is InChI=1S/C28H29F4N5O3/c1-35-16-33-34-25(35)24(29)27(14-40-15-27)18-4-2-5-19(10-18)37-12-22-21(26(37)39)8-17(9-23(22)28(30,31)32)11-36-7-3-6-20(36)13-38/h2,4-5,8-10,16,20,24,38H,3,6-7,11-15H2,1H3/t20-,24+/m0/s1. The van der Waals surface area contributed by atoms with Crippen molar-refractivity contribution in [2.24, 2.45) is 7.05 Å². The SMILES string of the molecule is Cn1cnnc1[C@@H](F)C1(c2cccc(N3Cc4c(cc(CN5CCC[C@H]5CO)cc4C(F)(F)F)C3=O)c2)COC1. The predicted octanol–water partition coefficient (Wildman–Crippen LogP) is 3.93. The summed E-state index contributed by atoms with van der Waals surface area (Å²) in [6, 6.07) is 9.24. The van der Waals surface area contributed by atoms with Crippen molar-refractivity contribution < 1.29 is 32.2 Å². The van der Waals surface area contributed by atoms with Crippen LogP contribution in [0.3, 0.4) is 0 Å². The Labute approximate surface area is 228 Å². The van der Waals surface area contributed by atoms with E-state index in [1.165, 1.54) is 21.9 Å². The molecule has 0 spiro atoms. The van der Waals surface area contributed by atoms with Crippen LogP contribution in [0.15, 0.2) is 42.7 Å². The van der Waals surface area contributed by atoms with Crippen LogP contribution in [0.2, 0.25) is 0 Å². The molecule has 12 heteroatoms. The van der Waals surface area contributed by atoms with E-state index in [-0.39, 0.29) is 55.9 Å². The fraction of sp³-hybridized carbons (Fsp3) is 0.464. The average Bonchev–Trinajstić information content (AvgIpc) is 3.61. The second kappa shape index (κ2) is 9.93. The fourth-order valence-corrected chi connectivity index (χ4v) is 6.10. The molecule has 3 aromatic rings. The number of hydrogen-bond donors (Lipinski definition) is 1. The highest BCUT2D eigenvalue weighted by Crippen LogP contribution is 2.47. The Hall–Kier alpha value is -3.35. The largest absolute Gasteiger partial charge is 0.416 e. The molecule has 3 aliphatic rings. The van der Waals surface area contributed by atoms with Crippen molar-refractivity contribution in [2.75, 3.05) is 31.3 Å². The van der Waals surface area contributed by atoms with Gasteiger partial charge in [-0.15, -0.1) is 10.2 Å². The number of aromatic nitrogens is 3. The quantitative estimate of drug-likeness (QED) is 0.442. The molecule has 4 heterocycles. The molecule has 2 atom stereocenters. The fourth-order valence-electron chi connectivity index (χ4n) is 6.10. The van der Waals surface area contributed by atoms with E-state index in [2.05, 4.69) is 10.2 Å². The number of hydrogen-bond acceptors (Lipinski definition) is 6. The van der Waals surface area contributed by atoms with E-state index in [1.54, 1.807) is 31.3 Å². The molecule has 0 bridgehead atoms. The normalized spacial score (nSPS) is 21.5. The maximum absolute atomic E-state index is 15.8. The summed E-state index contributed by atoms with van der Waals surface area (Å²) in [6.07, 6.45) is -3.15. The van der Waals surface area contributed by atoms with Gasteiger partial charge in [0.25, 0.3) is 5.91 Å². The van der Waals surface area contributed by atoms with Crippen molar-refractivity contribution >= 4 is 11.6 Å². The van der Waals surface area contributed by atoms with E-state index >= 15 is 4.39 Å². The molecule has 3 aliphatic heterocycles. The summed E-state index contributed by atoms with van der Waals surface area (Å²) in [7, 11) is 1.64. The minimum atomic E-state index is -4.65. The van der Waals surface area contributed by atoms with Gasteiger partial charge in [0.1, 0.15) is 6.33 Å². The zero-order valence-electron chi connectivity index (χ0n) is 21.9. The first-order chi connectivity index (χ1) is 19.1. The first kappa shape index (κ1) is 26.9. The van der Waals surface area contributed by atoms with E-state index in [0.717, 1.165) is 18.9 Å². The molecule has 0 unspecified atom stereocenters. The summed E-state index contributed by atoms with van der Waals surface area (Å²) in [6.45, 7) is 0.750. The van der Waals surface area contributed by atoms with Crippen LogP contribution in [0.25, 0.3) is 0 Å². The van der Waals surface area contributed by atoms with Crippen molar-refractivity contribution in [3.8, 4) is 0 Å². The summed E-state index contributed by atoms with van der Waals surface area (Å²) in [5.41, 5.74) is -0.627. The van der Waals surface area contributed by atoms with E-state index < -0.39 is 29.2 Å². The Bertz CT molecular complexity index is 1440. The second-order valence-corrected chi connectivity index (χ2v) is 10.9. The monoisotopic (exact) mass is 559 g/mol. The highest BCUT2D eigenvalue weighted by Gasteiger charge is 2.51. The number of anilines is 1.